The second-order valence-corrected chi connectivity index (χ2v) is 5.79. The molecule has 23 heavy (non-hydrogen) atoms. The molecule has 0 bridgehead atoms. The fraction of sp³-hybridized carbons (Fsp3) is 0.500. The van der Waals surface area contributed by atoms with Crippen LogP contribution >= 0.6 is 11.6 Å². The summed E-state index contributed by atoms with van der Waals surface area (Å²) in [7, 11) is 1.63. The van der Waals surface area contributed by atoms with Crippen molar-refractivity contribution in [1.29, 1.82) is 0 Å². The van der Waals surface area contributed by atoms with E-state index in [1.807, 2.05) is 0 Å². The lowest BCUT2D eigenvalue weighted by Gasteiger charge is -2.35. The Morgan fingerprint density at radius 3 is 2.35 bits per heavy atom. The molecular weight excluding hydrogens is 318 g/mol. The van der Waals surface area contributed by atoms with Crippen molar-refractivity contribution in [2.24, 2.45) is 0 Å². The molecule has 0 saturated carbocycles. The van der Waals surface area contributed by atoms with Gasteiger partial charge in [0, 0.05) is 50.4 Å². The van der Waals surface area contributed by atoms with Crippen molar-refractivity contribution in [2.45, 2.75) is 0 Å². The van der Waals surface area contributed by atoms with Crippen LogP contribution in [0.15, 0.2) is 24.3 Å². The summed E-state index contributed by atoms with van der Waals surface area (Å²) in [5, 5.41) is 3.65. The number of nitrogens with zero attached hydrogens (tertiary/aromatic N) is 2. The smallest absolute Gasteiger partial charge is 0.253 e. The van der Waals surface area contributed by atoms with Crippen LogP contribution in [-0.4, -0.2) is 74.6 Å². The topological polar surface area (TPSA) is 61.9 Å². The van der Waals surface area contributed by atoms with Gasteiger partial charge in [0.2, 0.25) is 5.91 Å². The first-order valence-corrected chi connectivity index (χ1v) is 8.02. The molecule has 1 aliphatic rings. The molecule has 1 aliphatic heterocycles. The molecular formula is C16H22ClN3O3. The fourth-order valence-electron chi connectivity index (χ4n) is 2.42. The molecule has 126 valence electrons. The standard InChI is InChI=1S/C16H22ClN3O3/c1-23-11-6-18-12-15(21)19-7-9-20(10-8-19)16(22)13-2-4-14(17)5-3-13/h2-5,18H,6-12H2,1H3. The molecule has 1 N–H and O–H groups in total. The molecule has 6 nitrogen and oxygen atoms in total. The number of methoxy groups -OCH3 is 1. The molecule has 2 amide bonds. The number of amides is 2. The van der Waals surface area contributed by atoms with Gasteiger partial charge in [-0.25, -0.2) is 0 Å². The van der Waals surface area contributed by atoms with E-state index in [2.05, 4.69) is 5.32 Å². The number of piperazine rings is 1. The van der Waals surface area contributed by atoms with E-state index in [-0.39, 0.29) is 11.8 Å². The maximum absolute atomic E-state index is 12.4. The molecule has 0 aliphatic carbocycles. The monoisotopic (exact) mass is 339 g/mol. The van der Waals surface area contributed by atoms with Crippen LogP contribution < -0.4 is 5.32 Å². The first-order chi connectivity index (χ1) is 11.1. The number of hydrogen-bond acceptors (Lipinski definition) is 4. The molecule has 1 heterocycles. The highest BCUT2D eigenvalue weighted by Gasteiger charge is 2.24. The molecule has 0 unspecified atom stereocenters. The average molecular weight is 340 g/mol. The zero-order chi connectivity index (χ0) is 16.7. The number of carbonyl (C=O) groups excluding carboxylic acids is 2. The lowest BCUT2D eigenvalue weighted by Crippen LogP contribution is -2.52. The van der Waals surface area contributed by atoms with Crippen LogP contribution in [-0.2, 0) is 9.53 Å². The van der Waals surface area contributed by atoms with Gasteiger partial charge in [-0.1, -0.05) is 11.6 Å². The first kappa shape index (κ1) is 17.7. The summed E-state index contributed by atoms with van der Waals surface area (Å²) in [4.78, 5) is 28.0. The predicted molar refractivity (Wildman–Crippen MR) is 88.7 cm³/mol. The maximum Gasteiger partial charge on any atom is 0.253 e. The van der Waals surface area contributed by atoms with Crippen molar-refractivity contribution in [1.82, 2.24) is 15.1 Å². The number of carbonyl (C=O) groups is 2. The van der Waals surface area contributed by atoms with E-state index < -0.39 is 0 Å². The number of nitrogens with one attached hydrogen (secondary N) is 1. The first-order valence-electron chi connectivity index (χ1n) is 7.64. The van der Waals surface area contributed by atoms with Crippen LogP contribution in [0, 0.1) is 0 Å². The highest BCUT2D eigenvalue weighted by Crippen LogP contribution is 2.13. The Morgan fingerprint density at radius 2 is 1.74 bits per heavy atom. The molecule has 1 saturated heterocycles. The number of hydrogen-bond donors (Lipinski definition) is 1. The Balaban J connectivity index is 1.78. The second-order valence-electron chi connectivity index (χ2n) is 5.35. The third kappa shape index (κ3) is 5.20. The Hall–Kier alpha value is -1.63. The van der Waals surface area contributed by atoms with Gasteiger partial charge in [-0.2, -0.15) is 0 Å². The van der Waals surface area contributed by atoms with Crippen LogP contribution in [0.2, 0.25) is 5.02 Å². The highest BCUT2D eigenvalue weighted by atomic mass is 35.5. The third-order valence-corrected chi connectivity index (χ3v) is 4.02. The molecule has 0 radical (unpaired) electrons. The van der Waals surface area contributed by atoms with Gasteiger partial charge in [0.15, 0.2) is 0 Å². The predicted octanol–water partition coefficient (Wildman–Crippen LogP) is 0.860. The second kappa shape index (κ2) is 8.86. The van der Waals surface area contributed by atoms with E-state index in [1.165, 1.54) is 0 Å². The number of ether oxygens (including phenoxy) is 1. The lowest BCUT2D eigenvalue weighted by atomic mass is 10.2. The number of rotatable bonds is 6. The van der Waals surface area contributed by atoms with Crippen molar-refractivity contribution in [3.63, 3.8) is 0 Å². The van der Waals surface area contributed by atoms with Gasteiger partial charge in [0.1, 0.15) is 0 Å². The third-order valence-electron chi connectivity index (χ3n) is 3.77. The summed E-state index contributed by atoms with van der Waals surface area (Å²) < 4.78 is 4.92. The molecule has 1 aromatic rings. The summed E-state index contributed by atoms with van der Waals surface area (Å²) in [5.41, 5.74) is 0.621. The van der Waals surface area contributed by atoms with Crippen molar-refractivity contribution < 1.29 is 14.3 Å². The van der Waals surface area contributed by atoms with E-state index >= 15 is 0 Å². The summed E-state index contributed by atoms with van der Waals surface area (Å²) in [6, 6.07) is 6.87. The fourth-order valence-corrected chi connectivity index (χ4v) is 2.54. The van der Waals surface area contributed by atoms with Crippen molar-refractivity contribution in [3.8, 4) is 0 Å². The Bertz CT molecular complexity index is 528. The summed E-state index contributed by atoms with van der Waals surface area (Å²) in [6.07, 6.45) is 0. The quantitative estimate of drug-likeness (QED) is 0.781. The van der Waals surface area contributed by atoms with Crippen molar-refractivity contribution in [2.75, 3.05) is 53.0 Å². The minimum atomic E-state index is -0.0213. The number of halogens is 1. The Morgan fingerprint density at radius 1 is 1.13 bits per heavy atom. The van der Waals surface area contributed by atoms with E-state index in [0.717, 1.165) is 0 Å². The molecule has 1 fully saturated rings. The maximum atomic E-state index is 12.4. The van der Waals surface area contributed by atoms with Gasteiger partial charge in [-0.05, 0) is 24.3 Å². The van der Waals surface area contributed by atoms with Gasteiger partial charge in [0.05, 0.1) is 13.2 Å². The van der Waals surface area contributed by atoms with Gasteiger partial charge < -0.3 is 19.9 Å². The lowest BCUT2D eigenvalue weighted by molar-refractivity contribution is -0.131. The summed E-state index contributed by atoms with van der Waals surface area (Å²) >= 11 is 5.83. The average Bonchev–Trinajstić information content (AvgIpc) is 2.59. The van der Waals surface area contributed by atoms with Crippen LogP contribution in [0.1, 0.15) is 10.4 Å². The van der Waals surface area contributed by atoms with E-state index in [9.17, 15) is 9.59 Å². The van der Waals surface area contributed by atoms with E-state index in [1.54, 1.807) is 41.2 Å². The minimum Gasteiger partial charge on any atom is -0.383 e. The minimum absolute atomic E-state index is 0.0213. The van der Waals surface area contributed by atoms with Crippen LogP contribution in [0.5, 0.6) is 0 Å². The summed E-state index contributed by atoms with van der Waals surface area (Å²) in [6.45, 7) is 3.74. The molecule has 2 rings (SSSR count). The SMILES string of the molecule is COCCNCC(=O)N1CCN(C(=O)c2ccc(Cl)cc2)CC1. The van der Waals surface area contributed by atoms with Crippen LogP contribution in [0.4, 0.5) is 0 Å². The van der Waals surface area contributed by atoms with Crippen LogP contribution in [0.3, 0.4) is 0 Å². The van der Waals surface area contributed by atoms with E-state index in [0.29, 0.717) is 56.5 Å². The van der Waals surface area contributed by atoms with Gasteiger partial charge in [0.25, 0.3) is 5.91 Å². The molecule has 0 spiro atoms. The van der Waals surface area contributed by atoms with Gasteiger partial charge >= 0.3 is 0 Å². The Labute approximate surface area is 141 Å². The largest absolute Gasteiger partial charge is 0.383 e. The molecule has 1 aromatic carbocycles. The van der Waals surface area contributed by atoms with Gasteiger partial charge in [-0.3, -0.25) is 9.59 Å². The Kier molecular flexibility index (Phi) is 6.83. The van der Waals surface area contributed by atoms with Crippen LogP contribution in [0.25, 0.3) is 0 Å². The van der Waals surface area contributed by atoms with Gasteiger partial charge in [-0.15, -0.1) is 0 Å². The number of benzene rings is 1. The molecule has 0 aromatic heterocycles. The molecule has 0 atom stereocenters. The zero-order valence-corrected chi connectivity index (χ0v) is 14.0. The summed E-state index contributed by atoms with van der Waals surface area (Å²) in [5.74, 6) is 0.0340. The normalized spacial score (nSPS) is 14.9. The van der Waals surface area contributed by atoms with Crippen molar-refractivity contribution in [3.05, 3.63) is 34.9 Å². The van der Waals surface area contributed by atoms with E-state index in [4.69, 9.17) is 16.3 Å². The highest BCUT2D eigenvalue weighted by molar-refractivity contribution is 6.30. The molecule has 7 heteroatoms. The zero-order valence-electron chi connectivity index (χ0n) is 13.3. The van der Waals surface area contributed by atoms with Crippen molar-refractivity contribution >= 4 is 23.4 Å².